The standard InChI is InChI=1S/C17H20BrNO3S/c1-4-16(13-7-5-12(2)6-8-13)19-23(20,21)14-9-10-17(22-3)15(18)11-14/h5-11,16,19H,4H2,1-3H3/t16-/m1/s1. The highest BCUT2D eigenvalue weighted by Crippen LogP contribution is 2.28. The number of ether oxygens (including phenoxy) is 1. The van der Waals surface area contributed by atoms with E-state index in [2.05, 4.69) is 20.7 Å². The van der Waals surface area contributed by atoms with Gasteiger partial charge in [0.1, 0.15) is 5.75 Å². The minimum Gasteiger partial charge on any atom is -0.496 e. The summed E-state index contributed by atoms with van der Waals surface area (Å²) in [6, 6.07) is 12.3. The SMILES string of the molecule is CC[C@@H](NS(=O)(=O)c1ccc(OC)c(Br)c1)c1ccc(C)cc1. The second-order valence-electron chi connectivity index (χ2n) is 5.29. The molecule has 2 aromatic rings. The molecule has 0 saturated heterocycles. The van der Waals surface area contributed by atoms with Crippen LogP contribution in [0.2, 0.25) is 0 Å². The summed E-state index contributed by atoms with van der Waals surface area (Å²) < 4.78 is 33.7. The van der Waals surface area contributed by atoms with Gasteiger partial charge in [0.2, 0.25) is 10.0 Å². The van der Waals surface area contributed by atoms with E-state index in [1.54, 1.807) is 12.1 Å². The Morgan fingerprint density at radius 3 is 2.35 bits per heavy atom. The van der Waals surface area contributed by atoms with Crippen molar-refractivity contribution in [2.24, 2.45) is 0 Å². The number of hydrogen-bond acceptors (Lipinski definition) is 3. The summed E-state index contributed by atoms with van der Waals surface area (Å²) in [6.07, 6.45) is 0.666. The molecule has 0 fully saturated rings. The second kappa shape index (κ2) is 7.47. The minimum atomic E-state index is -3.61. The van der Waals surface area contributed by atoms with Crippen LogP contribution in [0.5, 0.6) is 5.75 Å². The van der Waals surface area contributed by atoms with E-state index in [0.717, 1.165) is 11.1 Å². The third-order valence-corrected chi connectivity index (χ3v) is 5.71. The van der Waals surface area contributed by atoms with Crippen LogP contribution >= 0.6 is 15.9 Å². The summed E-state index contributed by atoms with van der Waals surface area (Å²) >= 11 is 3.32. The van der Waals surface area contributed by atoms with Crippen molar-refractivity contribution < 1.29 is 13.2 Å². The maximum absolute atomic E-state index is 12.6. The maximum atomic E-state index is 12.6. The fourth-order valence-electron chi connectivity index (χ4n) is 2.26. The molecule has 0 aromatic heterocycles. The number of halogens is 1. The lowest BCUT2D eigenvalue weighted by Gasteiger charge is -2.18. The summed E-state index contributed by atoms with van der Waals surface area (Å²) in [5, 5.41) is 0. The maximum Gasteiger partial charge on any atom is 0.241 e. The Morgan fingerprint density at radius 1 is 1.17 bits per heavy atom. The summed E-state index contributed by atoms with van der Waals surface area (Å²) in [5.74, 6) is 0.592. The molecule has 2 aromatic carbocycles. The van der Waals surface area contributed by atoms with Crippen molar-refractivity contribution >= 4 is 26.0 Å². The van der Waals surface area contributed by atoms with Gasteiger partial charge in [0, 0.05) is 6.04 Å². The van der Waals surface area contributed by atoms with E-state index in [4.69, 9.17) is 4.74 Å². The van der Waals surface area contributed by atoms with E-state index in [-0.39, 0.29) is 10.9 Å². The Kier molecular flexibility index (Phi) is 5.84. The average Bonchev–Trinajstić information content (AvgIpc) is 2.53. The highest BCUT2D eigenvalue weighted by atomic mass is 79.9. The Bertz CT molecular complexity index is 773. The number of sulfonamides is 1. The van der Waals surface area contributed by atoms with Crippen molar-refractivity contribution in [2.75, 3.05) is 7.11 Å². The molecule has 1 atom stereocenters. The van der Waals surface area contributed by atoms with Gasteiger partial charge in [-0.2, -0.15) is 0 Å². The highest BCUT2D eigenvalue weighted by molar-refractivity contribution is 9.10. The van der Waals surface area contributed by atoms with Crippen molar-refractivity contribution in [3.63, 3.8) is 0 Å². The van der Waals surface area contributed by atoms with E-state index < -0.39 is 10.0 Å². The van der Waals surface area contributed by atoms with Crippen LogP contribution in [-0.4, -0.2) is 15.5 Å². The Morgan fingerprint density at radius 2 is 1.83 bits per heavy atom. The molecular formula is C17H20BrNO3S. The van der Waals surface area contributed by atoms with Gasteiger partial charge in [0.15, 0.2) is 0 Å². The Balaban J connectivity index is 2.28. The summed E-state index contributed by atoms with van der Waals surface area (Å²) in [7, 11) is -2.07. The van der Waals surface area contributed by atoms with Crippen molar-refractivity contribution in [1.82, 2.24) is 4.72 Å². The lowest BCUT2D eigenvalue weighted by molar-refractivity contribution is 0.411. The first kappa shape index (κ1) is 18.0. The molecule has 0 aliphatic rings. The van der Waals surface area contributed by atoms with Gasteiger partial charge >= 0.3 is 0 Å². The molecule has 6 heteroatoms. The van der Waals surface area contributed by atoms with Crippen LogP contribution in [-0.2, 0) is 10.0 Å². The van der Waals surface area contributed by atoms with Gasteiger partial charge in [-0.05, 0) is 53.0 Å². The lowest BCUT2D eigenvalue weighted by atomic mass is 10.0. The first-order valence-electron chi connectivity index (χ1n) is 7.30. The third-order valence-electron chi connectivity index (χ3n) is 3.62. The molecule has 0 aliphatic carbocycles. The number of aryl methyl sites for hydroxylation is 1. The lowest BCUT2D eigenvalue weighted by Crippen LogP contribution is -2.28. The molecule has 0 bridgehead atoms. The van der Waals surface area contributed by atoms with Crippen LogP contribution in [0.1, 0.15) is 30.5 Å². The van der Waals surface area contributed by atoms with Crippen molar-refractivity contribution in [2.45, 2.75) is 31.2 Å². The first-order valence-corrected chi connectivity index (χ1v) is 9.57. The van der Waals surface area contributed by atoms with E-state index in [1.165, 1.54) is 13.2 Å². The van der Waals surface area contributed by atoms with Crippen molar-refractivity contribution in [1.29, 1.82) is 0 Å². The molecule has 0 amide bonds. The molecule has 0 spiro atoms. The predicted molar refractivity (Wildman–Crippen MR) is 95.2 cm³/mol. The van der Waals surface area contributed by atoms with Gasteiger partial charge in [-0.25, -0.2) is 13.1 Å². The number of nitrogens with one attached hydrogen (secondary N) is 1. The van der Waals surface area contributed by atoms with Crippen LogP contribution in [0.25, 0.3) is 0 Å². The van der Waals surface area contributed by atoms with Crippen LogP contribution in [0.3, 0.4) is 0 Å². The van der Waals surface area contributed by atoms with Gasteiger partial charge < -0.3 is 4.74 Å². The van der Waals surface area contributed by atoms with Gasteiger partial charge in [-0.1, -0.05) is 36.8 Å². The molecule has 124 valence electrons. The van der Waals surface area contributed by atoms with Crippen LogP contribution in [0.4, 0.5) is 0 Å². The molecule has 0 heterocycles. The van der Waals surface area contributed by atoms with Gasteiger partial charge in [0.05, 0.1) is 16.5 Å². The van der Waals surface area contributed by atoms with Crippen LogP contribution < -0.4 is 9.46 Å². The smallest absolute Gasteiger partial charge is 0.241 e. The highest BCUT2D eigenvalue weighted by Gasteiger charge is 2.21. The van der Waals surface area contributed by atoms with E-state index >= 15 is 0 Å². The number of rotatable bonds is 6. The fourth-order valence-corrected chi connectivity index (χ4v) is 4.28. The molecule has 0 radical (unpaired) electrons. The zero-order valence-corrected chi connectivity index (χ0v) is 15.7. The quantitative estimate of drug-likeness (QED) is 0.794. The fraction of sp³-hybridized carbons (Fsp3) is 0.294. The molecule has 0 saturated carbocycles. The van der Waals surface area contributed by atoms with Gasteiger partial charge in [-0.3, -0.25) is 0 Å². The topological polar surface area (TPSA) is 55.4 Å². The average molecular weight is 398 g/mol. The van der Waals surface area contributed by atoms with Crippen molar-refractivity contribution in [3.8, 4) is 5.75 Å². The molecule has 1 N–H and O–H groups in total. The molecule has 4 nitrogen and oxygen atoms in total. The van der Waals surface area contributed by atoms with Gasteiger partial charge in [-0.15, -0.1) is 0 Å². The summed E-state index contributed by atoms with van der Waals surface area (Å²) in [4.78, 5) is 0.204. The zero-order chi connectivity index (χ0) is 17.0. The monoisotopic (exact) mass is 397 g/mol. The number of hydrogen-bond donors (Lipinski definition) is 1. The summed E-state index contributed by atoms with van der Waals surface area (Å²) in [6.45, 7) is 3.96. The van der Waals surface area contributed by atoms with E-state index in [1.807, 2.05) is 38.1 Å². The first-order chi connectivity index (χ1) is 10.9. The third kappa shape index (κ3) is 4.34. The largest absolute Gasteiger partial charge is 0.496 e. The number of methoxy groups -OCH3 is 1. The molecule has 2 rings (SSSR count). The Labute approximate surface area is 146 Å². The van der Waals surface area contributed by atoms with Crippen LogP contribution in [0, 0.1) is 6.92 Å². The number of benzene rings is 2. The Hall–Kier alpha value is -1.37. The van der Waals surface area contributed by atoms with Gasteiger partial charge in [0.25, 0.3) is 0 Å². The molecule has 0 aliphatic heterocycles. The zero-order valence-electron chi connectivity index (χ0n) is 13.3. The molecular weight excluding hydrogens is 378 g/mol. The van der Waals surface area contributed by atoms with Crippen molar-refractivity contribution in [3.05, 3.63) is 58.1 Å². The molecule has 23 heavy (non-hydrogen) atoms. The normalized spacial score (nSPS) is 12.9. The molecule has 0 unspecified atom stereocenters. The van der Waals surface area contributed by atoms with E-state index in [0.29, 0.717) is 16.6 Å². The van der Waals surface area contributed by atoms with E-state index in [9.17, 15) is 8.42 Å². The minimum absolute atomic E-state index is 0.204. The van der Waals surface area contributed by atoms with Crippen LogP contribution in [0.15, 0.2) is 51.8 Å². The second-order valence-corrected chi connectivity index (χ2v) is 7.86. The predicted octanol–water partition coefficient (Wildman–Crippen LogP) is 4.20. The summed E-state index contributed by atoms with van der Waals surface area (Å²) in [5.41, 5.74) is 2.10.